The molecule has 1 aromatic carbocycles. The fraction of sp³-hybridized carbons (Fsp3) is 0.462. The van der Waals surface area contributed by atoms with Gasteiger partial charge in [0, 0.05) is 10.5 Å². The molecule has 0 atom stereocenters. The molecule has 1 aromatic rings. The average Bonchev–Trinajstić information content (AvgIpc) is 2.19. The van der Waals surface area contributed by atoms with Gasteiger partial charge >= 0.3 is 0 Å². The quantitative estimate of drug-likeness (QED) is 0.861. The maximum Gasteiger partial charge on any atom is 0.249 e. The summed E-state index contributed by atoms with van der Waals surface area (Å²) in [4.78, 5) is 14.3. The van der Waals surface area contributed by atoms with Crippen LogP contribution in [0.25, 0.3) is 0 Å². The van der Waals surface area contributed by atoms with E-state index in [-0.39, 0.29) is 11.9 Å². The van der Waals surface area contributed by atoms with E-state index < -0.39 is 5.54 Å². The van der Waals surface area contributed by atoms with Gasteiger partial charge < -0.3 is 10.2 Å². The molecule has 0 radical (unpaired) electrons. The summed E-state index contributed by atoms with van der Waals surface area (Å²) in [5.74, 6) is 0.0426. The number of carbonyl (C=O) groups excluding carboxylic acids is 1. The lowest BCUT2D eigenvalue weighted by atomic mass is 9.94. The minimum absolute atomic E-state index is 0.0426. The number of carbonyl (C=O) groups is 1. The van der Waals surface area contributed by atoms with Crippen LogP contribution in [0.3, 0.4) is 0 Å². The fourth-order valence-electron chi connectivity index (χ4n) is 2.42. The molecule has 0 bridgehead atoms. The Kier molecular flexibility index (Phi) is 2.94. The van der Waals surface area contributed by atoms with Crippen LogP contribution in [0.2, 0.25) is 0 Å². The second-order valence-electron chi connectivity index (χ2n) is 5.14. The summed E-state index contributed by atoms with van der Waals surface area (Å²) in [6.07, 6.45) is 0. The molecule has 92 valence electrons. The van der Waals surface area contributed by atoms with Gasteiger partial charge in [-0.2, -0.15) is 0 Å². The molecule has 4 heteroatoms. The molecule has 0 unspecified atom stereocenters. The van der Waals surface area contributed by atoms with Crippen molar-refractivity contribution < 1.29 is 4.79 Å². The molecule has 1 amide bonds. The third-order valence-electron chi connectivity index (χ3n) is 3.14. The maximum absolute atomic E-state index is 12.1. The number of nitrogens with zero attached hydrogens (tertiary/aromatic N) is 1. The molecular weight excluding hydrogens is 280 g/mol. The van der Waals surface area contributed by atoms with E-state index in [1.165, 1.54) is 0 Å². The van der Waals surface area contributed by atoms with Crippen molar-refractivity contribution in [2.24, 2.45) is 0 Å². The summed E-state index contributed by atoms with van der Waals surface area (Å²) < 4.78 is 1.02. The van der Waals surface area contributed by atoms with E-state index in [0.717, 1.165) is 15.8 Å². The fourth-order valence-corrected chi connectivity index (χ4v) is 2.77. The van der Waals surface area contributed by atoms with Gasteiger partial charge in [0.05, 0.1) is 11.4 Å². The number of rotatable bonds is 1. The molecular formula is C13H17BrN2O. The second-order valence-corrected chi connectivity index (χ2v) is 6.05. The van der Waals surface area contributed by atoms with Crippen molar-refractivity contribution in [1.29, 1.82) is 0 Å². The number of benzene rings is 1. The van der Waals surface area contributed by atoms with Crippen LogP contribution in [-0.2, 0) is 4.79 Å². The Hall–Kier alpha value is -1.03. The number of nitrogens with one attached hydrogen (secondary N) is 1. The van der Waals surface area contributed by atoms with E-state index in [4.69, 9.17) is 0 Å². The van der Waals surface area contributed by atoms with Crippen LogP contribution in [0.4, 0.5) is 11.4 Å². The van der Waals surface area contributed by atoms with E-state index in [9.17, 15) is 4.79 Å². The highest BCUT2D eigenvalue weighted by Gasteiger charge is 2.41. The molecule has 1 aliphatic rings. The molecule has 0 saturated carbocycles. The molecule has 0 spiro atoms. The van der Waals surface area contributed by atoms with Gasteiger partial charge in [-0.3, -0.25) is 4.79 Å². The summed E-state index contributed by atoms with van der Waals surface area (Å²) in [5.41, 5.74) is 1.42. The average molecular weight is 297 g/mol. The highest BCUT2D eigenvalue weighted by molar-refractivity contribution is 9.10. The lowest BCUT2D eigenvalue weighted by Gasteiger charge is -2.46. The zero-order valence-electron chi connectivity index (χ0n) is 10.5. The highest BCUT2D eigenvalue weighted by atomic mass is 79.9. The van der Waals surface area contributed by atoms with Gasteiger partial charge in [0.1, 0.15) is 5.54 Å². The highest BCUT2D eigenvalue weighted by Crippen LogP contribution is 2.39. The third-order valence-corrected chi connectivity index (χ3v) is 3.64. The Balaban J connectivity index is 2.61. The molecule has 1 heterocycles. The Labute approximate surface area is 110 Å². The van der Waals surface area contributed by atoms with Crippen molar-refractivity contribution in [2.75, 3.05) is 10.2 Å². The van der Waals surface area contributed by atoms with E-state index in [2.05, 4.69) is 46.1 Å². The van der Waals surface area contributed by atoms with Crippen LogP contribution in [0, 0.1) is 0 Å². The maximum atomic E-state index is 12.1. The lowest BCUT2D eigenvalue weighted by molar-refractivity contribution is -0.120. The zero-order chi connectivity index (χ0) is 12.8. The molecule has 3 nitrogen and oxygen atoms in total. The van der Waals surface area contributed by atoms with E-state index in [0.29, 0.717) is 0 Å². The summed E-state index contributed by atoms with van der Waals surface area (Å²) in [5, 5.41) is 2.96. The summed E-state index contributed by atoms with van der Waals surface area (Å²) in [6.45, 7) is 8.11. The molecule has 0 aliphatic carbocycles. The molecule has 1 aliphatic heterocycles. The Morgan fingerprint density at radius 3 is 2.59 bits per heavy atom. The Morgan fingerprint density at radius 2 is 2.00 bits per heavy atom. The van der Waals surface area contributed by atoms with Gasteiger partial charge in [0.25, 0.3) is 0 Å². The van der Waals surface area contributed by atoms with Crippen molar-refractivity contribution in [1.82, 2.24) is 0 Å². The van der Waals surface area contributed by atoms with Crippen molar-refractivity contribution in [2.45, 2.75) is 39.3 Å². The van der Waals surface area contributed by atoms with Crippen molar-refractivity contribution in [3.8, 4) is 0 Å². The van der Waals surface area contributed by atoms with E-state index >= 15 is 0 Å². The predicted octanol–water partition coefficient (Wildman–Crippen LogP) is 3.39. The van der Waals surface area contributed by atoms with Crippen LogP contribution in [-0.4, -0.2) is 17.5 Å². The van der Waals surface area contributed by atoms with Crippen LogP contribution < -0.4 is 10.2 Å². The number of halogens is 1. The Morgan fingerprint density at radius 1 is 1.35 bits per heavy atom. The molecule has 2 rings (SSSR count). The minimum atomic E-state index is -0.526. The number of hydrogen-bond donors (Lipinski definition) is 1. The summed E-state index contributed by atoms with van der Waals surface area (Å²) in [7, 11) is 0. The van der Waals surface area contributed by atoms with Gasteiger partial charge in [0.15, 0.2) is 0 Å². The zero-order valence-corrected chi connectivity index (χ0v) is 12.1. The minimum Gasteiger partial charge on any atom is -0.353 e. The first-order valence-electron chi connectivity index (χ1n) is 5.74. The number of anilines is 2. The summed E-state index contributed by atoms with van der Waals surface area (Å²) in [6, 6.07) is 6.19. The number of amides is 1. The monoisotopic (exact) mass is 296 g/mol. The van der Waals surface area contributed by atoms with Crippen molar-refractivity contribution in [3.63, 3.8) is 0 Å². The van der Waals surface area contributed by atoms with Gasteiger partial charge in [-0.1, -0.05) is 15.9 Å². The lowest BCUT2D eigenvalue weighted by Crippen LogP contribution is -2.58. The first-order chi connectivity index (χ1) is 7.84. The van der Waals surface area contributed by atoms with Crippen LogP contribution in [0.5, 0.6) is 0 Å². The van der Waals surface area contributed by atoms with Crippen LogP contribution in [0.1, 0.15) is 27.7 Å². The van der Waals surface area contributed by atoms with Gasteiger partial charge in [0.2, 0.25) is 5.91 Å². The first-order valence-corrected chi connectivity index (χ1v) is 6.53. The topological polar surface area (TPSA) is 32.3 Å². The van der Waals surface area contributed by atoms with Gasteiger partial charge in [-0.15, -0.1) is 0 Å². The largest absolute Gasteiger partial charge is 0.353 e. The Bertz CT molecular complexity index is 468. The normalized spacial score (nSPS) is 18.0. The molecule has 17 heavy (non-hydrogen) atoms. The van der Waals surface area contributed by atoms with E-state index in [1.807, 2.05) is 26.0 Å². The van der Waals surface area contributed by atoms with Crippen LogP contribution in [0.15, 0.2) is 22.7 Å². The van der Waals surface area contributed by atoms with Gasteiger partial charge in [-0.25, -0.2) is 0 Å². The second kappa shape index (κ2) is 4.02. The smallest absolute Gasteiger partial charge is 0.249 e. The standard InChI is InChI=1S/C13H17BrN2O/c1-8(2)16-11-7-9(14)5-6-10(11)15-12(17)13(16,3)4/h5-8H,1-4H3,(H,15,17). The number of hydrogen-bond acceptors (Lipinski definition) is 2. The third kappa shape index (κ3) is 1.95. The molecule has 0 fully saturated rings. The van der Waals surface area contributed by atoms with Gasteiger partial charge in [-0.05, 0) is 45.9 Å². The van der Waals surface area contributed by atoms with Crippen LogP contribution >= 0.6 is 15.9 Å². The molecule has 0 aromatic heterocycles. The van der Waals surface area contributed by atoms with E-state index in [1.54, 1.807) is 0 Å². The summed E-state index contributed by atoms with van der Waals surface area (Å²) >= 11 is 3.48. The molecule has 0 saturated heterocycles. The predicted molar refractivity (Wildman–Crippen MR) is 74.5 cm³/mol. The number of fused-ring (bicyclic) bond motifs is 1. The SMILES string of the molecule is CC(C)N1c2cc(Br)ccc2NC(=O)C1(C)C. The first kappa shape index (κ1) is 12.4. The molecule has 1 N–H and O–H groups in total. The van der Waals surface area contributed by atoms with Crippen molar-refractivity contribution >= 4 is 33.2 Å². The van der Waals surface area contributed by atoms with Crippen molar-refractivity contribution in [3.05, 3.63) is 22.7 Å².